The van der Waals surface area contributed by atoms with E-state index < -0.39 is 5.97 Å². The third-order valence-corrected chi connectivity index (χ3v) is 3.77. The molecule has 1 aromatic carbocycles. The highest BCUT2D eigenvalue weighted by molar-refractivity contribution is 6.31. The molecule has 6 nitrogen and oxygen atoms in total. The quantitative estimate of drug-likeness (QED) is 0.899. The van der Waals surface area contributed by atoms with Crippen LogP contribution in [0.25, 0.3) is 0 Å². The fourth-order valence-corrected chi connectivity index (χ4v) is 2.47. The van der Waals surface area contributed by atoms with Gasteiger partial charge in [0.15, 0.2) is 0 Å². The molecular formula is C14H17ClN2O4. The van der Waals surface area contributed by atoms with Crippen molar-refractivity contribution in [3.63, 3.8) is 0 Å². The summed E-state index contributed by atoms with van der Waals surface area (Å²) in [6.45, 7) is 0.845. The number of ether oxygens (including phenoxy) is 1. The summed E-state index contributed by atoms with van der Waals surface area (Å²) in [4.78, 5) is 24.7. The van der Waals surface area contributed by atoms with E-state index in [1.807, 2.05) is 0 Å². The first-order chi connectivity index (χ1) is 10.0. The van der Waals surface area contributed by atoms with Gasteiger partial charge in [0.1, 0.15) is 5.75 Å². The summed E-state index contributed by atoms with van der Waals surface area (Å²) in [7, 11) is 1.51. The minimum Gasteiger partial charge on any atom is -0.495 e. The first-order valence-electron chi connectivity index (χ1n) is 6.63. The van der Waals surface area contributed by atoms with E-state index in [2.05, 4.69) is 5.32 Å². The number of urea groups is 1. The topological polar surface area (TPSA) is 78.9 Å². The van der Waals surface area contributed by atoms with Crippen molar-refractivity contribution in [1.82, 2.24) is 4.90 Å². The molecule has 0 spiro atoms. The van der Waals surface area contributed by atoms with E-state index in [1.165, 1.54) is 7.11 Å². The average molecular weight is 313 g/mol. The lowest BCUT2D eigenvalue weighted by Crippen LogP contribution is -2.42. The molecule has 1 aliphatic heterocycles. The van der Waals surface area contributed by atoms with Gasteiger partial charge in [-0.15, -0.1) is 0 Å². The van der Waals surface area contributed by atoms with Gasteiger partial charge in [-0.3, -0.25) is 4.79 Å². The second kappa shape index (κ2) is 6.67. The van der Waals surface area contributed by atoms with Crippen LogP contribution < -0.4 is 10.1 Å². The Labute approximate surface area is 127 Å². The van der Waals surface area contributed by atoms with Crippen LogP contribution in [-0.4, -0.2) is 42.2 Å². The summed E-state index contributed by atoms with van der Waals surface area (Å²) in [5.41, 5.74) is 0.496. The fraction of sp³-hybridized carbons (Fsp3) is 0.429. The number of amides is 2. The minimum absolute atomic E-state index is 0.278. The second-order valence-electron chi connectivity index (χ2n) is 4.87. The van der Waals surface area contributed by atoms with Crippen molar-refractivity contribution in [3.8, 4) is 5.75 Å². The van der Waals surface area contributed by atoms with Crippen LogP contribution in [0.5, 0.6) is 5.75 Å². The molecule has 2 N–H and O–H groups in total. The number of nitrogens with one attached hydrogen (secondary N) is 1. The van der Waals surface area contributed by atoms with E-state index in [0.717, 1.165) is 0 Å². The summed E-state index contributed by atoms with van der Waals surface area (Å²) in [6.07, 6.45) is 0.935. The van der Waals surface area contributed by atoms with Gasteiger partial charge >= 0.3 is 12.0 Å². The molecule has 7 heteroatoms. The van der Waals surface area contributed by atoms with Crippen LogP contribution in [0.2, 0.25) is 5.02 Å². The van der Waals surface area contributed by atoms with E-state index in [-0.39, 0.29) is 11.9 Å². The highest BCUT2D eigenvalue weighted by Crippen LogP contribution is 2.28. The predicted octanol–water partition coefficient (Wildman–Crippen LogP) is 2.68. The summed E-state index contributed by atoms with van der Waals surface area (Å²) < 4.78 is 5.17. The lowest BCUT2D eigenvalue weighted by atomic mass is 9.97. The molecule has 1 aromatic rings. The number of carbonyl (C=O) groups is 2. The van der Waals surface area contributed by atoms with Gasteiger partial charge in [0, 0.05) is 18.1 Å². The van der Waals surface area contributed by atoms with Gasteiger partial charge in [-0.1, -0.05) is 11.6 Å². The summed E-state index contributed by atoms with van der Waals surface area (Å²) in [6, 6.07) is 4.69. The Morgan fingerprint density at radius 3 is 2.62 bits per heavy atom. The third kappa shape index (κ3) is 3.78. The molecular weight excluding hydrogens is 296 g/mol. The second-order valence-corrected chi connectivity index (χ2v) is 5.31. The minimum atomic E-state index is -0.799. The number of benzene rings is 1. The van der Waals surface area contributed by atoms with Crippen LogP contribution in [0.4, 0.5) is 10.5 Å². The number of anilines is 1. The number of likely N-dealkylation sites (tertiary alicyclic amines) is 1. The monoisotopic (exact) mass is 312 g/mol. The smallest absolute Gasteiger partial charge is 0.321 e. The Bertz CT molecular complexity index is 542. The number of hydrogen-bond acceptors (Lipinski definition) is 3. The van der Waals surface area contributed by atoms with Crippen LogP contribution in [0, 0.1) is 5.92 Å². The molecule has 0 saturated carbocycles. The number of hydrogen-bond donors (Lipinski definition) is 2. The molecule has 0 unspecified atom stereocenters. The van der Waals surface area contributed by atoms with Crippen molar-refractivity contribution < 1.29 is 19.4 Å². The van der Waals surface area contributed by atoms with Crippen molar-refractivity contribution in [1.29, 1.82) is 0 Å². The Kier molecular flexibility index (Phi) is 4.90. The lowest BCUT2D eigenvalue weighted by Gasteiger charge is -2.30. The maximum atomic E-state index is 12.2. The Hall–Kier alpha value is -1.95. The van der Waals surface area contributed by atoms with Crippen LogP contribution in [-0.2, 0) is 4.79 Å². The van der Waals surface area contributed by atoms with E-state index in [9.17, 15) is 9.59 Å². The van der Waals surface area contributed by atoms with Crippen LogP contribution in [0.1, 0.15) is 12.8 Å². The summed E-state index contributed by atoms with van der Waals surface area (Å²) in [5, 5.41) is 12.2. The van der Waals surface area contributed by atoms with Gasteiger partial charge in [0.25, 0.3) is 0 Å². The molecule has 1 fully saturated rings. The number of halogens is 1. The first kappa shape index (κ1) is 15.4. The van der Waals surface area contributed by atoms with Gasteiger partial charge in [-0.05, 0) is 31.0 Å². The molecule has 2 amide bonds. The predicted molar refractivity (Wildman–Crippen MR) is 79.0 cm³/mol. The molecule has 1 aliphatic rings. The number of carboxylic acids is 1. The number of nitrogens with zero attached hydrogens (tertiary/aromatic N) is 1. The van der Waals surface area contributed by atoms with E-state index in [4.69, 9.17) is 21.4 Å². The van der Waals surface area contributed by atoms with Crippen molar-refractivity contribution >= 4 is 29.3 Å². The maximum absolute atomic E-state index is 12.2. The molecule has 0 bridgehead atoms. The van der Waals surface area contributed by atoms with E-state index in [1.54, 1.807) is 23.1 Å². The molecule has 0 aliphatic carbocycles. The third-order valence-electron chi connectivity index (χ3n) is 3.53. The SMILES string of the molecule is COc1ccc(Cl)cc1NC(=O)N1CCC(C(=O)O)CC1. The highest BCUT2D eigenvalue weighted by atomic mass is 35.5. The Morgan fingerprint density at radius 1 is 1.38 bits per heavy atom. The van der Waals surface area contributed by atoms with Crippen LogP contribution in [0.3, 0.4) is 0 Å². The molecule has 1 saturated heterocycles. The summed E-state index contributed by atoms with van der Waals surface area (Å²) >= 11 is 5.91. The highest BCUT2D eigenvalue weighted by Gasteiger charge is 2.27. The normalized spacial score (nSPS) is 15.6. The van der Waals surface area contributed by atoms with E-state index >= 15 is 0 Å². The number of rotatable bonds is 3. The number of methoxy groups -OCH3 is 1. The van der Waals surface area contributed by atoms with Gasteiger partial charge in [-0.25, -0.2) is 4.79 Å². The van der Waals surface area contributed by atoms with Crippen molar-refractivity contribution in [2.24, 2.45) is 5.92 Å². The molecule has 2 rings (SSSR count). The molecule has 0 radical (unpaired) electrons. The Morgan fingerprint density at radius 2 is 2.05 bits per heavy atom. The largest absolute Gasteiger partial charge is 0.495 e. The van der Waals surface area contributed by atoms with Crippen molar-refractivity contribution in [3.05, 3.63) is 23.2 Å². The first-order valence-corrected chi connectivity index (χ1v) is 7.01. The van der Waals surface area contributed by atoms with Gasteiger partial charge in [0.2, 0.25) is 0 Å². The van der Waals surface area contributed by atoms with Gasteiger partial charge in [-0.2, -0.15) is 0 Å². The zero-order valence-electron chi connectivity index (χ0n) is 11.6. The molecule has 1 heterocycles. The average Bonchev–Trinajstić information content (AvgIpc) is 2.47. The van der Waals surface area contributed by atoms with Crippen molar-refractivity contribution in [2.45, 2.75) is 12.8 Å². The fourth-order valence-electron chi connectivity index (χ4n) is 2.30. The number of carboxylic acid groups (broad SMARTS) is 1. The van der Waals surface area contributed by atoms with Gasteiger partial charge in [0.05, 0.1) is 18.7 Å². The van der Waals surface area contributed by atoms with E-state index in [0.29, 0.717) is 42.4 Å². The van der Waals surface area contributed by atoms with Gasteiger partial charge < -0.3 is 20.1 Å². The Balaban J connectivity index is 1.99. The van der Waals surface area contributed by atoms with Crippen LogP contribution in [0.15, 0.2) is 18.2 Å². The maximum Gasteiger partial charge on any atom is 0.321 e. The van der Waals surface area contributed by atoms with Crippen LogP contribution >= 0.6 is 11.6 Å². The standard InChI is InChI=1S/C14H17ClN2O4/c1-21-12-3-2-10(15)8-11(12)16-14(20)17-6-4-9(5-7-17)13(18)19/h2-3,8-9H,4-7H2,1H3,(H,16,20)(H,18,19). The number of carbonyl (C=O) groups excluding carboxylic acids is 1. The zero-order chi connectivity index (χ0) is 15.4. The zero-order valence-corrected chi connectivity index (χ0v) is 12.4. The molecule has 114 valence electrons. The summed E-state index contributed by atoms with van der Waals surface area (Å²) in [5.74, 6) is -0.644. The molecule has 0 atom stereocenters. The molecule has 21 heavy (non-hydrogen) atoms. The molecule has 0 aromatic heterocycles. The number of aliphatic carboxylic acids is 1. The lowest BCUT2D eigenvalue weighted by molar-refractivity contribution is -0.143. The van der Waals surface area contributed by atoms with Crippen molar-refractivity contribution in [2.75, 3.05) is 25.5 Å². The number of piperidine rings is 1.